The summed E-state index contributed by atoms with van der Waals surface area (Å²) >= 11 is 9.05. The van der Waals surface area contributed by atoms with E-state index in [1.165, 1.54) is 16.6 Å². The zero-order valence-electron chi connectivity index (χ0n) is 10.8. The van der Waals surface area contributed by atoms with Crippen LogP contribution in [0, 0.1) is 4.77 Å². The maximum absolute atomic E-state index is 5.54. The van der Waals surface area contributed by atoms with Crippen molar-refractivity contribution in [3.63, 3.8) is 0 Å². The lowest BCUT2D eigenvalue weighted by Crippen LogP contribution is -2.08. The minimum absolute atomic E-state index is 0.426. The van der Waals surface area contributed by atoms with Gasteiger partial charge in [-0.1, -0.05) is 40.2 Å². The number of H-pyrrole nitrogens is 1. The number of rotatable bonds is 1. The minimum Gasteiger partial charge on any atom is -0.331 e. The second kappa shape index (κ2) is 4.57. The molecule has 1 aliphatic rings. The monoisotopic (exact) mass is 344 g/mol. The van der Waals surface area contributed by atoms with Crippen molar-refractivity contribution in [1.29, 1.82) is 0 Å². The Hall–Kier alpha value is -1.39. The highest BCUT2D eigenvalue weighted by molar-refractivity contribution is 9.10. The minimum atomic E-state index is 0.426. The highest BCUT2D eigenvalue weighted by atomic mass is 79.9. The largest absolute Gasteiger partial charge is 0.331 e. The van der Waals surface area contributed by atoms with Crippen LogP contribution >= 0.6 is 28.1 Å². The molecule has 0 saturated heterocycles. The summed E-state index contributed by atoms with van der Waals surface area (Å²) in [5.74, 6) is 0. The summed E-state index contributed by atoms with van der Waals surface area (Å²) < 4.78 is 4.16. The molecule has 4 rings (SSSR count). The lowest BCUT2D eigenvalue weighted by molar-refractivity contribution is 0.537. The molecule has 100 valence electrons. The topological polar surface area (TPSA) is 20.7 Å². The van der Waals surface area contributed by atoms with Crippen molar-refractivity contribution in [3.05, 3.63) is 62.8 Å². The van der Waals surface area contributed by atoms with Gasteiger partial charge in [-0.3, -0.25) is 0 Å². The predicted octanol–water partition coefficient (Wildman–Crippen LogP) is 4.80. The van der Waals surface area contributed by atoms with Crippen LogP contribution in [0.2, 0.25) is 0 Å². The van der Waals surface area contributed by atoms with Gasteiger partial charge in [-0.15, -0.1) is 0 Å². The lowest BCUT2D eigenvalue weighted by Gasteiger charge is -2.12. The van der Waals surface area contributed by atoms with Crippen molar-refractivity contribution in [1.82, 2.24) is 9.55 Å². The van der Waals surface area contributed by atoms with E-state index in [0.717, 1.165) is 27.6 Å². The summed E-state index contributed by atoms with van der Waals surface area (Å²) in [4.78, 5) is 3.32. The Morgan fingerprint density at radius 2 is 1.80 bits per heavy atom. The van der Waals surface area contributed by atoms with Gasteiger partial charge in [0.2, 0.25) is 0 Å². The van der Waals surface area contributed by atoms with Gasteiger partial charge < -0.3 is 9.55 Å². The zero-order chi connectivity index (χ0) is 13.7. The molecule has 1 heterocycles. The SMILES string of the molecule is S=c1[nH]c2cc(Br)ccc2n1C1Cc2ccccc2C1. The normalized spacial score (nSPS) is 14.8. The van der Waals surface area contributed by atoms with Crippen LogP contribution in [-0.4, -0.2) is 9.55 Å². The van der Waals surface area contributed by atoms with Crippen molar-refractivity contribution in [2.75, 3.05) is 0 Å². The van der Waals surface area contributed by atoms with Gasteiger partial charge in [-0.25, -0.2) is 0 Å². The summed E-state index contributed by atoms with van der Waals surface area (Å²) in [5, 5.41) is 0. The molecule has 0 spiro atoms. The molecule has 20 heavy (non-hydrogen) atoms. The van der Waals surface area contributed by atoms with Crippen molar-refractivity contribution >= 4 is 39.2 Å². The molecule has 0 aliphatic heterocycles. The first-order chi connectivity index (χ1) is 9.72. The lowest BCUT2D eigenvalue weighted by atomic mass is 10.1. The fourth-order valence-corrected chi connectivity index (χ4v) is 3.90. The maximum Gasteiger partial charge on any atom is 0.178 e. The highest BCUT2D eigenvalue weighted by Gasteiger charge is 2.24. The number of hydrogen-bond donors (Lipinski definition) is 1. The van der Waals surface area contributed by atoms with Crippen LogP contribution in [0.5, 0.6) is 0 Å². The van der Waals surface area contributed by atoms with Gasteiger partial charge in [0.05, 0.1) is 11.0 Å². The Morgan fingerprint density at radius 3 is 2.50 bits per heavy atom. The summed E-state index contributed by atoms with van der Waals surface area (Å²) in [6.07, 6.45) is 2.13. The molecule has 1 aliphatic carbocycles. The molecule has 0 fully saturated rings. The number of aromatic nitrogens is 2. The van der Waals surface area contributed by atoms with Gasteiger partial charge in [0.25, 0.3) is 0 Å². The van der Waals surface area contributed by atoms with E-state index in [0.29, 0.717) is 6.04 Å². The molecule has 1 aromatic heterocycles. The first-order valence-corrected chi connectivity index (χ1v) is 7.89. The van der Waals surface area contributed by atoms with Crippen LogP contribution in [0.25, 0.3) is 11.0 Å². The Kier molecular flexibility index (Phi) is 2.82. The number of aromatic amines is 1. The predicted molar refractivity (Wildman–Crippen MR) is 87.7 cm³/mol. The molecule has 3 aromatic rings. The van der Waals surface area contributed by atoms with E-state index in [-0.39, 0.29) is 0 Å². The van der Waals surface area contributed by atoms with Gasteiger partial charge in [0.1, 0.15) is 0 Å². The first kappa shape index (κ1) is 12.4. The third-order valence-corrected chi connectivity index (χ3v) is 4.87. The number of hydrogen-bond acceptors (Lipinski definition) is 1. The van der Waals surface area contributed by atoms with E-state index in [9.17, 15) is 0 Å². The molecular formula is C16H13BrN2S. The standard InChI is InChI=1S/C16H13BrN2S/c17-12-5-6-15-14(9-12)18-16(20)19(15)13-7-10-3-1-2-4-11(10)8-13/h1-6,9,13H,7-8H2,(H,18,20). The van der Waals surface area contributed by atoms with Gasteiger partial charge >= 0.3 is 0 Å². The van der Waals surface area contributed by atoms with Gasteiger partial charge in [-0.2, -0.15) is 0 Å². The van der Waals surface area contributed by atoms with E-state index in [4.69, 9.17) is 12.2 Å². The maximum atomic E-state index is 5.54. The first-order valence-electron chi connectivity index (χ1n) is 6.69. The molecule has 0 unspecified atom stereocenters. The second-order valence-electron chi connectivity index (χ2n) is 5.29. The average Bonchev–Trinajstić information content (AvgIpc) is 2.97. The van der Waals surface area contributed by atoms with Crippen LogP contribution in [0.1, 0.15) is 17.2 Å². The Morgan fingerprint density at radius 1 is 1.10 bits per heavy atom. The quantitative estimate of drug-likeness (QED) is 0.628. The fourth-order valence-electron chi connectivity index (χ4n) is 3.18. The molecule has 0 bridgehead atoms. The summed E-state index contributed by atoms with van der Waals surface area (Å²) in [6, 6.07) is 15.4. The molecule has 1 N–H and O–H groups in total. The van der Waals surface area contributed by atoms with Crippen LogP contribution in [-0.2, 0) is 12.8 Å². The fraction of sp³-hybridized carbons (Fsp3) is 0.188. The number of nitrogens with zero attached hydrogens (tertiary/aromatic N) is 1. The smallest absolute Gasteiger partial charge is 0.178 e. The highest BCUT2D eigenvalue weighted by Crippen LogP contribution is 2.33. The summed E-state index contributed by atoms with van der Waals surface area (Å²) in [6.45, 7) is 0. The average molecular weight is 345 g/mol. The Labute approximate surface area is 130 Å². The van der Waals surface area contributed by atoms with E-state index in [1.54, 1.807) is 0 Å². The van der Waals surface area contributed by atoms with Crippen LogP contribution in [0.15, 0.2) is 46.9 Å². The number of nitrogens with one attached hydrogen (secondary N) is 1. The number of halogens is 1. The van der Waals surface area contributed by atoms with E-state index >= 15 is 0 Å². The van der Waals surface area contributed by atoms with Crippen molar-refractivity contribution in [2.24, 2.45) is 0 Å². The second-order valence-corrected chi connectivity index (χ2v) is 6.59. The summed E-state index contributed by atoms with van der Waals surface area (Å²) in [5.41, 5.74) is 5.19. The third kappa shape index (κ3) is 1.86. The molecular weight excluding hydrogens is 332 g/mol. The molecule has 2 aromatic carbocycles. The Balaban J connectivity index is 1.85. The van der Waals surface area contributed by atoms with Gasteiger partial charge in [0, 0.05) is 10.5 Å². The third-order valence-electron chi connectivity index (χ3n) is 4.07. The van der Waals surface area contributed by atoms with E-state index in [1.807, 2.05) is 0 Å². The number of imidazole rings is 1. The van der Waals surface area contributed by atoms with Crippen LogP contribution < -0.4 is 0 Å². The number of fused-ring (bicyclic) bond motifs is 2. The van der Waals surface area contributed by atoms with Crippen LogP contribution in [0.3, 0.4) is 0 Å². The molecule has 4 heteroatoms. The van der Waals surface area contributed by atoms with Crippen LogP contribution in [0.4, 0.5) is 0 Å². The number of benzene rings is 2. The molecule has 0 amide bonds. The molecule has 0 saturated carbocycles. The van der Waals surface area contributed by atoms with E-state index < -0.39 is 0 Å². The van der Waals surface area contributed by atoms with Gasteiger partial charge in [-0.05, 0) is 54.4 Å². The zero-order valence-corrected chi connectivity index (χ0v) is 13.2. The van der Waals surface area contributed by atoms with Gasteiger partial charge in [0.15, 0.2) is 4.77 Å². The molecule has 2 nitrogen and oxygen atoms in total. The molecule has 0 atom stereocenters. The summed E-state index contributed by atoms with van der Waals surface area (Å²) in [7, 11) is 0. The van der Waals surface area contributed by atoms with Crippen molar-refractivity contribution < 1.29 is 0 Å². The van der Waals surface area contributed by atoms with Crippen molar-refractivity contribution in [2.45, 2.75) is 18.9 Å². The van der Waals surface area contributed by atoms with Crippen molar-refractivity contribution in [3.8, 4) is 0 Å². The Bertz CT molecular complexity index is 837. The van der Waals surface area contributed by atoms with E-state index in [2.05, 4.69) is 67.9 Å². The molecule has 0 radical (unpaired) electrons.